The van der Waals surface area contributed by atoms with Crippen molar-refractivity contribution in [1.29, 1.82) is 0 Å². The number of carboxylic acids is 1. The van der Waals surface area contributed by atoms with Crippen LogP contribution in [0.5, 0.6) is 0 Å². The van der Waals surface area contributed by atoms with E-state index in [-0.39, 0.29) is 28.8 Å². The second-order valence-electron chi connectivity index (χ2n) is 14.0. The summed E-state index contributed by atoms with van der Waals surface area (Å²) in [5.74, 6) is -0.363. The van der Waals surface area contributed by atoms with Crippen LogP contribution in [0.4, 0.5) is 0 Å². The first-order chi connectivity index (χ1) is 19.3. The van der Waals surface area contributed by atoms with Gasteiger partial charge in [-0.25, -0.2) is 9.78 Å². The smallest absolute Gasteiger partial charge is 0.328 e. The Balaban J connectivity index is 2.04. The summed E-state index contributed by atoms with van der Waals surface area (Å²) in [6.45, 7) is 20.6. The quantitative estimate of drug-likeness (QED) is 0.0934. The number of Topliss-reactive ketones (excluding diaryl/α,β-unsaturated/α-hetero) is 1. The summed E-state index contributed by atoms with van der Waals surface area (Å²) >= 11 is 0. The van der Waals surface area contributed by atoms with Crippen LogP contribution < -0.4 is 0 Å². The third-order valence-electron chi connectivity index (χ3n) is 9.05. The molecule has 2 rings (SSSR count). The number of aryl methyl sites for hydroxylation is 2. The van der Waals surface area contributed by atoms with E-state index in [4.69, 9.17) is 9.53 Å². The molecule has 1 aromatic heterocycles. The molecule has 0 aliphatic heterocycles. The number of aliphatic carboxylic acids is 1. The Morgan fingerprint density at radius 1 is 1.12 bits per heavy atom. The summed E-state index contributed by atoms with van der Waals surface area (Å²) in [5.41, 5.74) is 1.91. The monoisotopic (exact) mass is 598 g/mol. The number of aromatic nitrogens is 2. The van der Waals surface area contributed by atoms with E-state index in [0.29, 0.717) is 6.42 Å². The standard InChI is InChI=1S/C34H54N2O5Si/c1-23(16-14-12-13-15-17-29(37)26-18-19-28-27(22-26)35-25(3)36(28)9)31(41-42(10,11)33(4,5)6)24(2)32(40)34(7,8)21-20-30(38)39/h13,15,18-24,29,31,37H,12,14,16-17H2,1-11H3,(H,38,39)/t23-,24+,29-,31-/m0/s1. The number of carbonyl (C=O) groups is 2. The zero-order valence-corrected chi connectivity index (χ0v) is 28.7. The molecule has 0 fully saturated rings. The summed E-state index contributed by atoms with van der Waals surface area (Å²) in [5, 5.41) is 19.8. The van der Waals surface area contributed by atoms with Crippen LogP contribution in [-0.4, -0.2) is 45.9 Å². The van der Waals surface area contributed by atoms with E-state index in [1.165, 1.54) is 6.08 Å². The average molecular weight is 599 g/mol. The molecular formula is C34H54N2O5Si. The van der Waals surface area contributed by atoms with Gasteiger partial charge in [0.1, 0.15) is 11.6 Å². The van der Waals surface area contributed by atoms with Crippen LogP contribution in [0.2, 0.25) is 18.1 Å². The van der Waals surface area contributed by atoms with Gasteiger partial charge in [0.05, 0.1) is 23.2 Å². The molecule has 7 nitrogen and oxygen atoms in total. The molecule has 1 aromatic carbocycles. The van der Waals surface area contributed by atoms with Gasteiger partial charge in [-0.1, -0.05) is 58.9 Å². The highest BCUT2D eigenvalue weighted by Gasteiger charge is 2.44. The summed E-state index contributed by atoms with van der Waals surface area (Å²) in [7, 11) is -0.180. The minimum absolute atomic E-state index is 0.00400. The van der Waals surface area contributed by atoms with Crippen molar-refractivity contribution in [2.45, 2.75) is 111 Å². The third kappa shape index (κ3) is 9.22. The molecule has 0 aliphatic carbocycles. The van der Waals surface area contributed by atoms with Crippen LogP contribution in [0.3, 0.4) is 0 Å². The summed E-state index contributed by atoms with van der Waals surface area (Å²) in [4.78, 5) is 29.3. The Bertz CT molecular complexity index is 1280. The lowest BCUT2D eigenvalue weighted by molar-refractivity contribution is -0.132. The molecule has 234 valence electrons. The fraction of sp³-hybridized carbons (Fsp3) is 0.618. The van der Waals surface area contributed by atoms with Gasteiger partial charge in [-0.05, 0) is 88.2 Å². The van der Waals surface area contributed by atoms with Gasteiger partial charge in [-0.3, -0.25) is 4.79 Å². The van der Waals surface area contributed by atoms with Crippen LogP contribution in [0.25, 0.3) is 11.0 Å². The van der Waals surface area contributed by atoms with E-state index >= 15 is 0 Å². The Kier molecular flexibility index (Phi) is 12.1. The van der Waals surface area contributed by atoms with E-state index in [9.17, 15) is 14.7 Å². The van der Waals surface area contributed by atoms with Crippen molar-refractivity contribution >= 4 is 31.1 Å². The Morgan fingerprint density at radius 3 is 2.36 bits per heavy atom. The van der Waals surface area contributed by atoms with Crippen LogP contribution >= 0.6 is 0 Å². The number of allylic oxidation sites excluding steroid dienone is 2. The second kappa shape index (κ2) is 14.3. The van der Waals surface area contributed by atoms with Crippen LogP contribution in [-0.2, 0) is 21.1 Å². The Hall–Kier alpha value is -2.55. The number of carboxylic acid groups (broad SMARTS) is 1. The summed E-state index contributed by atoms with van der Waals surface area (Å²) in [6, 6.07) is 5.94. The molecule has 2 N–H and O–H groups in total. The fourth-order valence-corrected chi connectivity index (χ4v) is 6.54. The van der Waals surface area contributed by atoms with Crippen molar-refractivity contribution in [3.05, 3.63) is 53.9 Å². The van der Waals surface area contributed by atoms with Gasteiger partial charge in [0.25, 0.3) is 0 Å². The van der Waals surface area contributed by atoms with Crippen molar-refractivity contribution in [3.63, 3.8) is 0 Å². The van der Waals surface area contributed by atoms with Crippen LogP contribution in [0.1, 0.15) is 91.6 Å². The normalized spacial score (nSPS) is 16.3. The molecule has 0 bridgehead atoms. The topological polar surface area (TPSA) is 102 Å². The maximum atomic E-state index is 13.6. The number of aliphatic hydroxyl groups excluding tert-OH is 1. The van der Waals surface area contributed by atoms with E-state index in [1.807, 2.05) is 49.7 Å². The van der Waals surface area contributed by atoms with Crippen LogP contribution in [0.15, 0.2) is 42.5 Å². The molecule has 0 amide bonds. The molecule has 42 heavy (non-hydrogen) atoms. The highest BCUT2D eigenvalue weighted by atomic mass is 28.4. The molecule has 0 saturated carbocycles. The number of imidazole rings is 1. The molecule has 8 heteroatoms. The lowest BCUT2D eigenvalue weighted by atomic mass is 9.76. The SMILES string of the molecule is Cc1nc2cc([C@@H](O)CC=CCCC[C@H](C)[C@H](O[Si](C)(C)C(C)(C)C)[C@@H](C)C(=O)C(C)(C)C=CC(=O)O)ccc2n1C. The number of aliphatic hydroxyl groups is 1. The van der Waals surface area contributed by atoms with Gasteiger partial charge in [0.15, 0.2) is 8.32 Å². The Morgan fingerprint density at radius 2 is 1.76 bits per heavy atom. The van der Waals surface area contributed by atoms with Crippen LogP contribution in [0, 0.1) is 24.2 Å². The number of fused-ring (bicyclic) bond motifs is 1. The zero-order chi connectivity index (χ0) is 32.0. The third-order valence-corrected chi connectivity index (χ3v) is 13.5. The number of benzene rings is 1. The van der Waals surface area contributed by atoms with Crippen molar-refractivity contribution in [3.8, 4) is 0 Å². The van der Waals surface area contributed by atoms with E-state index in [2.05, 4.69) is 51.8 Å². The lowest BCUT2D eigenvalue weighted by Crippen LogP contribution is -2.49. The predicted molar refractivity (Wildman–Crippen MR) is 174 cm³/mol. The Labute approximate surface area is 254 Å². The number of rotatable bonds is 15. The fourth-order valence-electron chi connectivity index (χ4n) is 5.07. The maximum Gasteiger partial charge on any atom is 0.328 e. The number of nitrogens with zero attached hydrogens (tertiary/aromatic N) is 2. The molecule has 0 radical (unpaired) electrons. The average Bonchev–Trinajstić information content (AvgIpc) is 3.18. The minimum atomic E-state index is -2.17. The first-order valence-electron chi connectivity index (χ1n) is 15.2. The predicted octanol–water partition coefficient (Wildman–Crippen LogP) is 7.93. The number of carbonyl (C=O) groups excluding carboxylic acids is 1. The lowest BCUT2D eigenvalue weighted by Gasteiger charge is -2.43. The number of ketones is 1. The van der Waals surface area contributed by atoms with Gasteiger partial charge >= 0.3 is 5.97 Å². The van der Waals surface area contributed by atoms with Gasteiger partial charge < -0.3 is 19.2 Å². The van der Waals surface area contributed by atoms with Gasteiger partial charge in [0, 0.05) is 24.5 Å². The largest absolute Gasteiger partial charge is 0.478 e. The number of hydrogen-bond acceptors (Lipinski definition) is 5. The second-order valence-corrected chi connectivity index (χ2v) is 18.7. The van der Waals surface area contributed by atoms with E-state index < -0.39 is 25.8 Å². The molecule has 0 aliphatic rings. The zero-order valence-electron chi connectivity index (χ0n) is 27.7. The molecule has 2 aromatic rings. The van der Waals surface area contributed by atoms with Gasteiger partial charge in [0.2, 0.25) is 0 Å². The molecule has 0 saturated heterocycles. The summed E-state index contributed by atoms with van der Waals surface area (Å²) in [6.07, 6.45) is 9.10. The first-order valence-corrected chi connectivity index (χ1v) is 18.1. The minimum Gasteiger partial charge on any atom is -0.478 e. The number of unbranched alkanes of at least 4 members (excludes halogenated alkanes) is 1. The molecular weight excluding hydrogens is 544 g/mol. The first kappa shape index (κ1) is 35.6. The van der Waals surface area contributed by atoms with Gasteiger partial charge in [-0.15, -0.1) is 0 Å². The van der Waals surface area contributed by atoms with Gasteiger partial charge in [-0.2, -0.15) is 0 Å². The molecule has 1 heterocycles. The van der Waals surface area contributed by atoms with Crippen molar-refractivity contribution in [2.24, 2.45) is 24.3 Å². The molecule has 4 atom stereocenters. The molecule has 0 spiro atoms. The van der Waals surface area contributed by atoms with Crippen molar-refractivity contribution in [2.75, 3.05) is 0 Å². The van der Waals surface area contributed by atoms with E-state index in [0.717, 1.165) is 47.8 Å². The van der Waals surface area contributed by atoms with Crippen molar-refractivity contribution in [1.82, 2.24) is 9.55 Å². The highest BCUT2D eigenvalue weighted by Crippen LogP contribution is 2.41. The maximum absolute atomic E-state index is 13.6. The summed E-state index contributed by atoms with van der Waals surface area (Å²) < 4.78 is 8.93. The van der Waals surface area contributed by atoms with Crippen molar-refractivity contribution < 1.29 is 24.2 Å². The number of hydrogen-bond donors (Lipinski definition) is 2. The molecule has 0 unspecified atom stereocenters. The highest BCUT2D eigenvalue weighted by molar-refractivity contribution is 6.74. The van der Waals surface area contributed by atoms with E-state index in [1.54, 1.807) is 13.8 Å².